The Bertz CT molecular complexity index is 437. The molecule has 1 aliphatic heterocycles. The van der Waals surface area contributed by atoms with E-state index in [0.717, 1.165) is 24.6 Å². The molecule has 2 rings (SSSR count). The van der Waals surface area contributed by atoms with Gasteiger partial charge >= 0.3 is 0 Å². The fourth-order valence-corrected chi connectivity index (χ4v) is 2.91. The van der Waals surface area contributed by atoms with Gasteiger partial charge in [0.2, 0.25) is 0 Å². The van der Waals surface area contributed by atoms with Crippen molar-refractivity contribution in [3.8, 4) is 0 Å². The number of nitrogens with zero attached hydrogens (tertiary/aromatic N) is 3. The Morgan fingerprint density at radius 3 is 2.81 bits per heavy atom. The predicted molar refractivity (Wildman–Crippen MR) is 88.5 cm³/mol. The molecule has 1 aromatic heterocycles. The van der Waals surface area contributed by atoms with Gasteiger partial charge in [0.05, 0.1) is 11.9 Å². The van der Waals surface area contributed by atoms with Gasteiger partial charge in [-0.2, -0.15) is 0 Å². The first kappa shape index (κ1) is 16.2. The number of rotatable bonds is 5. The summed E-state index contributed by atoms with van der Waals surface area (Å²) in [6.45, 7) is 10.7. The highest BCUT2D eigenvalue weighted by atomic mass is 15.2. The Labute approximate surface area is 129 Å². The maximum Gasteiger partial charge on any atom is 0.147 e. The summed E-state index contributed by atoms with van der Waals surface area (Å²) in [7, 11) is 0. The highest BCUT2D eigenvalue weighted by molar-refractivity contribution is 5.38. The molecule has 1 N–H and O–H groups in total. The van der Waals surface area contributed by atoms with E-state index in [4.69, 9.17) is 4.98 Å². The van der Waals surface area contributed by atoms with Gasteiger partial charge < -0.3 is 10.2 Å². The van der Waals surface area contributed by atoms with Crippen LogP contribution in [0.3, 0.4) is 0 Å². The maximum atomic E-state index is 4.83. The molecule has 1 atom stereocenters. The molecule has 0 spiro atoms. The monoisotopic (exact) mass is 290 g/mol. The molecule has 118 valence electrons. The summed E-state index contributed by atoms with van der Waals surface area (Å²) in [6, 6.07) is 0.642. The average Bonchev–Trinajstić information content (AvgIpc) is 2.46. The van der Waals surface area contributed by atoms with Gasteiger partial charge in [0, 0.05) is 30.9 Å². The minimum atomic E-state index is 0.105. The number of hydrogen-bond donors (Lipinski definition) is 1. The van der Waals surface area contributed by atoms with Crippen molar-refractivity contribution in [1.29, 1.82) is 0 Å². The molecule has 1 aromatic rings. The second-order valence-electron chi connectivity index (χ2n) is 7.10. The molecule has 4 nitrogen and oxygen atoms in total. The molecule has 1 fully saturated rings. The second-order valence-corrected chi connectivity index (χ2v) is 7.10. The van der Waals surface area contributed by atoms with Gasteiger partial charge in [-0.15, -0.1) is 0 Å². The van der Waals surface area contributed by atoms with Gasteiger partial charge in [-0.3, -0.25) is 4.98 Å². The van der Waals surface area contributed by atoms with E-state index in [-0.39, 0.29) is 5.54 Å². The third-order valence-corrected chi connectivity index (χ3v) is 4.01. The normalized spacial score (nSPS) is 19.8. The van der Waals surface area contributed by atoms with Crippen molar-refractivity contribution in [3.05, 3.63) is 18.1 Å². The van der Waals surface area contributed by atoms with Crippen LogP contribution in [0.2, 0.25) is 0 Å². The maximum absolute atomic E-state index is 4.83. The van der Waals surface area contributed by atoms with Crippen molar-refractivity contribution < 1.29 is 0 Å². The van der Waals surface area contributed by atoms with Crippen molar-refractivity contribution >= 4 is 5.82 Å². The lowest BCUT2D eigenvalue weighted by Gasteiger charge is -2.36. The first-order chi connectivity index (χ1) is 9.99. The molecule has 1 aliphatic rings. The SMILES string of the molecule is CCCC1CCCCN1c1cncc(CNC(C)(C)C)n1. The van der Waals surface area contributed by atoms with E-state index in [1.54, 1.807) is 0 Å². The van der Waals surface area contributed by atoms with Crippen molar-refractivity contribution in [3.63, 3.8) is 0 Å². The van der Waals surface area contributed by atoms with Crippen LogP contribution in [0.15, 0.2) is 12.4 Å². The summed E-state index contributed by atoms with van der Waals surface area (Å²) in [6.07, 6.45) is 10.2. The van der Waals surface area contributed by atoms with Crippen LogP contribution in [0.5, 0.6) is 0 Å². The Morgan fingerprint density at radius 1 is 1.29 bits per heavy atom. The lowest BCUT2D eigenvalue weighted by atomic mass is 9.98. The molecule has 0 aromatic carbocycles. The molecule has 2 heterocycles. The molecule has 0 bridgehead atoms. The fourth-order valence-electron chi connectivity index (χ4n) is 2.91. The Morgan fingerprint density at radius 2 is 2.10 bits per heavy atom. The van der Waals surface area contributed by atoms with Crippen LogP contribution in [0.4, 0.5) is 5.82 Å². The third kappa shape index (κ3) is 4.95. The van der Waals surface area contributed by atoms with E-state index in [1.807, 2.05) is 12.4 Å². The molecule has 0 aliphatic carbocycles. The van der Waals surface area contributed by atoms with Crippen molar-refractivity contribution in [2.45, 2.75) is 77.9 Å². The number of anilines is 1. The first-order valence-corrected chi connectivity index (χ1v) is 8.32. The molecule has 1 unspecified atom stereocenters. The van der Waals surface area contributed by atoms with E-state index in [2.05, 4.69) is 42.9 Å². The van der Waals surface area contributed by atoms with E-state index >= 15 is 0 Å². The van der Waals surface area contributed by atoms with Crippen LogP contribution < -0.4 is 10.2 Å². The number of piperidine rings is 1. The topological polar surface area (TPSA) is 41.1 Å². The highest BCUT2D eigenvalue weighted by Crippen LogP contribution is 2.25. The summed E-state index contributed by atoms with van der Waals surface area (Å²) >= 11 is 0. The Balaban J connectivity index is 2.08. The van der Waals surface area contributed by atoms with Crippen LogP contribution in [-0.2, 0) is 6.54 Å². The second kappa shape index (κ2) is 7.21. The van der Waals surface area contributed by atoms with E-state index in [9.17, 15) is 0 Å². The summed E-state index contributed by atoms with van der Waals surface area (Å²) in [5.74, 6) is 1.06. The molecular weight excluding hydrogens is 260 g/mol. The summed E-state index contributed by atoms with van der Waals surface area (Å²) < 4.78 is 0. The fraction of sp³-hybridized carbons (Fsp3) is 0.765. The lowest BCUT2D eigenvalue weighted by Crippen LogP contribution is -2.40. The smallest absolute Gasteiger partial charge is 0.147 e. The molecule has 1 saturated heterocycles. The molecule has 4 heteroatoms. The van der Waals surface area contributed by atoms with Gasteiger partial charge in [-0.1, -0.05) is 13.3 Å². The van der Waals surface area contributed by atoms with Gasteiger partial charge in [0.25, 0.3) is 0 Å². The summed E-state index contributed by atoms with van der Waals surface area (Å²) in [5, 5.41) is 3.48. The average molecular weight is 290 g/mol. The van der Waals surface area contributed by atoms with Gasteiger partial charge in [0.1, 0.15) is 5.82 Å². The molecule has 21 heavy (non-hydrogen) atoms. The number of aromatic nitrogens is 2. The van der Waals surface area contributed by atoms with Crippen LogP contribution in [0.1, 0.15) is 65.5 Å². The van der Waals surface area contributed by atoms with Crippen LogP contribution in [0.25, 0.3) is 0 Å². The highest BCUT2D eigenvalue weighted by Gasteiger charge is 2.23. The largest absolute Gasteiger partial charge is 0.352 e. The van der Waals surface area contributed by atoms with Crippen LogP contribution in [0, 0.1) is 0 Å². The molecule has 0 amide bonds. The zero-order chi connectivity index (χ0) is 15.3. The first-order valence-electron chi connectivity index (χ1n) is 8.32. The Hall–Kier alpha value is -1.16. The van der Waals surface area contributed by atoms with E-state index < -0.39 is 0 Å². The zero-order valence-corrected chi connectivity index (χ0v) is 14.0. The number of hydrogen-bond acceptors (Lipinski definition) is 4. The Kier molecular flexibility index (Phi) is 5.57. The minimum Gasteiger partial charge on any atom is -0.352 e. The summed E-state index contributed by atoms with van der Waals surface area (Å²) in [5.41, 5.74) is 1.14. The molecule has 0 radical (unpaired) electrons. The minimum absolute atomic E-state index is 0.105. The van der Waals surface area contributed by atoms with Crippen LogP contribution >= 0.6 is 0 Å². The number of nitrogens with one attached hydrogen (secondary N) is 1. The third-order valence-electron chi connectivity index (χ3n) is 4.01. The van der Waals surface area contributed by atoms with Crippen LogP contribution in [-0.4, -0.2) is 28.1 Å². The van der Waals surface area contributed by atoms with Crippen molar-refractivity contribution in [2.24, 2.45) is 0 Å². The standard InChI is InChI=1S/C17H30N4/c1-5-8-15-9-6-7-10-21(15)16-13-18-11-14(20-16)12-19-17(2,3)4/h11,13,15,19H,5-10,12H2,1-4H3. The van der Waals surface area contributed by atoms with Crippen molar-refractivity contribution in [1.82, 2.24) is 15.3 Å². The van der Waals surface area contributed by atoms with Gasteiger partial charge in [0.15, 0.2) is 0 Å². The quantitative estimate of drug-likeness (QED) is 0.901. The zero-order valence-electron chi connectivity index (χ0n) is 14.0. The summed E-state index contributed by atoms with van der Waals surface area (Å²) in [4.78, 5) is 11.7. The molecule has 0 saturated carbocycles. The van der Waals surface area contributed by atoms with Crippen molar-refractivity contribution in [2.75, 3.05) is 11.4 Å². The van der Waals surface area contributed by atoms with E-state index in [1.165, 1.54) is 32.1 Å². The molecular formula is C17H30N4. The predicted octanol–water partition coefficient (Wildman–Crippen LogP) is 3.52. The van der Waals surface area contributed by atoms with Gasteiger partial charge in [-0.05, 0) is 46.5 Å². The van der Waals surface area contributed by atoms with E-state index in [0.29, 0.717) is 6.04 Å². The lowest BCUT2D eigenvalue weighted by molar-refractivity contribution is 0.417. The van der Waals surface area contributed by atoms with Gasteiger partial charge in [-0.25, -0.2) is 4.98 Å².